The fourth-order valence-corrected chi connectivity index (χ4v) is 1.92. The molecule has 1 heterocycles. The van der Waals surface area contributed by atoms with Crippen LogP contribution in [0.2, 0.25) is 0 Å². The molecule has 0 N–H and O–H groups in total. The second-order valence-corrected chi connectivity index (χ2v) is 4.44. The summed E-state index contributed by atoms with van der Waals surface area (Å²) in [5.74, 6) is 2.00. The molecule has 0 unspecified atom stereocenters. The molecule has 0 atom stereocenters. The second-order valence-electron chi connectivity index (χ2n) is 3.58. The summed E-state index contributed by atoms with van der Waals surface area (Å²) in [6, 6.07) is 9.37. The van der Waals surface area contributed by atoms with Gasteiger partial charge in [0.15, 0.2) is 0 Å². The average Bonchev–Trinajstić information content (AvgIpc) is 2.33. The van der Waals surface area contributed by atoms with E-state index in [4.69, 9.17) is 9.47 Å². The van der Waals surface area contributed by atoms with Crippen LogP contribution in [0.4, 0.5) is 0 Å². The van der Waals surface area contributed by atoms with Gasteiger partial charge in [-0.15, -0.1) is 0 Å². The fourth-order valence-electron chi connectivity index (χ4n) is 1.37. The molecule has 0 fully saturated rings. The minimum atomic E-state index is 0.545. The van der Waals surface area contributed by atoms with Gasteiger partial charge in [-0.05, 0) is 46.6 Å². The van der Waals surface area contributed by atoms with Crippen LogP contribution < -0.4 is 9.47 Å². The van der Waals surface area contributed by atoms with Gasteiger partial charge in [-0.1, -0.05) is 6.07 Å². The van der Waals surface area contributed by atoms with Crippen LogP contribution in [-0.4, -0.2) is 12.1 Å². The normalized spacial score (nSPS) is 10.1. The SMILES string of the molecule is COc1cccc(Oc2ncc(C)cc2Br)c1. The molecule has 3 nitrogen and oxygen atoms in total. The number of ether oxygens (including phenoxy) is 2. The van der Waals surface area contributed by atoms with Crippen molar-refractivity contribution in [2.24, 2.45) is 0 Å². The van der Waals surface area contributed by atoms with E-state index in [1.54, 1.807) is 13.3 Å². The Kier molecular flexibility index (Phi) is 3.64. The summed E-state index contributed by atoms with van der Waals surface area (Å²) >= 11 is 3.42. The van der Waals surface area contributed by atoms with E-state index in [0.29, 0.717) is 11.6 Å². The summed E-state index contributed by atoms with van der Waals surface area (Å²) < 4.78 is 11.6. The Balaban J connectivity index is 2.25. The standard InChI is InChI=1S/C13H12BrNO2/c1-9-6-12(14)13(15-8-9)17-11-5-3-4-10(7-11)16-2/h3-8H,1-2H3. The summed E-state index contributed by atoms with van der Waals surface area (Å²) in [7, 11) is 1.62. The number of aromatic nitrogens is 1. The molecule has 0 aliphatic heterocycles. The lowest BCUT2D eigenvalue weighted by molar-refractivity contribution is 0.407. The van der Waals surface area contributed by atoms with E-state index in [2.05, 4.69) is 20.9 Å². The Morgan fingerprint density at radius 1 is 1.18 bits per heavy atom. The third kappa shape index (κ3) is 2.97. The van der Waals surface area contributed by atoms with Gasteiger partial charge in [-0.2, -0.15) is 0 Å². The van der Waals surface area contributed by atoms with Gasteiger partial charge in [-0.25, -0.2) is 4.98 Å². The maximum Gasteiger partial charge on any atom is 0.233 e. The quantitative estimate of drug-likeness (QED) is 0.858. The van der Waals surface area contributed by atoms with Crippen molar-refractivity contribution >= 4 is 15.9 Å². The first kappa shape index (κ1) is 11.9. The zero-order valence-electron chi connectivity index (χ0n) is 9.61. The molecule has 2 aromatic rings. The van der Waals surface area contributed by atoms with Gasteiger partial charge in [0.2, 0.25) is 5.88 Å². The first-order valence-corrected chi connectivity index (χ1v) is 5.92. The Labute approximate surface area is 109 Å². The molecule has 0 aliphatic carbocycles. The van der Waals surface area contributed by atoms with Crippen molar-refractivity contribution in [1.82, 2.24) is 4.98 Å². The third-order valence-corrected chi connectivity index (χ3v) is 2.77. The number of rotatable bonds is 3. The highest BCUT2D eigenvalue weighted by Crippen LogP contribution is 2.29. The van der Waals surface area contributed by atoms with Crippen LogP contribution in [0.15, 0.2) is 41.0 Å². The van der Waals surface area contributed by atoms with Crippen molar-refractivity contribution in [2.45, 2.75) is 6.92 Å². The highest BCUT2D eigenvalue weighted by Gasteiger charge is 2.05. The van der Waals surface area contributed by atoms with Gasteiger partial charge in [0.1, 0.15) is 11.5 Å². The van der Waals surface area contributed by atoms with Crippen molar-refractivity contribution < 1.29 is 9.47 Å². The van der Waals surface area contributed by atoms with Crippen LogP contribution in [0, 0.1) is 6.92 Å². The maximum atomic E-state index is 5.67. The molecule has 1 aromatic carbocycles. The lowest BCUT2D eigenvalue weighted by Gasteiger charge is -2.08. The van der Waals surface area contributed by atoms with E-state index >= 15 is 0 Å². The van der Waals surface area contributed by atoms with Gasteiger partial charge in [0.05, 0.1) is 11.6 Å². The molecule has 0 saturated carbocycles. The monoisotopic (exact) mass is 293 g/mol. The minimum absolute atomic E-state index is 0.545. The van der Waals surface area contributed by atoms with Gasteiger partial charge >= 0.3 is 0 Å². The fraction of sp³-hybridized carbons (Fsp3) is 0.154. The van der Waals surface area contributed by atoms with Crippen LogP contribution >= 0.6 is 15.9 Å². The molecule has 4 heteroatoms. The van der Waals surface area contributed by atoms with Crippen LogP contribution in [0.1, 0.15) is 5.56 Å². The van der Waals surface area contributed by atoms with Crippen molar-refractivity contribution in [2.75, 3.05) is 7.11 Å². The Morgan fingerprint density at radius 3 is 2.65 bits per heavy atom. The molecule has 17 heavy (non-hydrogen) atoms. The number of pyridine rings is 1. The van der Waals surface area contributed by atoms with Crippen LogP contribution in [0.25, 0.3) is 0 Å². The summed E-state index contributed by atoms with van der Waals surface area (Å²) in [6.07, 6.45) is 1.76. The summed E-state index contributed by atoms with van der Waals surface area (Å²) in [6.45, 7) is 1.98. The molecule has 1 aromatic heterocycles. The summed E-state index contributed by atoms with van der Waals surface area (Å²) in [5, 5.41) is 0. The van der Waals surface area contributed by atoms with Crippen molar-refractivity contribution in [3.05, 3.63) is 46.6 Å². The van der Waals surface area contributed by atoms with Gasteiger partial charge in [-0.3, -0.25) is 0 Å². The molecular formula is C13H12BrNO2. The lowest BCUT2D eigenvalue weighted by Crippen LogP contribution is -1.90. The number of halogens is 1. The third-order valence-electron chi connectivity index (χ3n) is 2.20. The first-order valence-electron chi connectivity index (χ1n) is 5.13. The first-order chi connectivity index (χ1) is 8.19. The van der Waals surface area contributed by atoms with Crippen LogP contribution in [0.3, 0.4) is 0 Å². The van der Waals surface area contributed by atoms with E-state index in [9.17, 15) is 0 Å². The number of hydrogen-bond donors (Lipinski definition) is 0. The second kappa shape index (κ2) is 5.19. The number of nitrogens with zero attached hydrogens (tertiary/aromatic N) is 1. The summed E-state index contributed by atoms with van der Waals surface area (Å²) in [5.41, 5.74) is 1.08. The zero-order valence-corrected chi connectivity index (χ0v) is 11.2. The van der Waals surface area contributed by atoms with Crippen LogP contribution in [-0.2, 0) is 0 Å². The molecule has 0 amide bonds. The number of aryl methyl sites for hydroxylation is 1. The van der Waals surface area contributed by atoms with E-state index in [0.717, 1.165) is 15.8 Å². The Bertz CT molecular complexity index is 529. The predicted molar refractivity (Wildman–Crippen MR) is 69.7 cm³/mol. The van der Waals surface area contributed by atoms with E-state index in [1.165, 1.54) is 0 Å². The minimum Gasteiger partial charge on any atom is -0.497 e. The number of methoxy groups -OCH3 is 1. The highest BCUT2D eigenvalue weighted by molar-refractivity contribution is 9.10. The van der Waals surface area contributed by atoms with Gasteiger partial charge in [0, 0.05) is 12.3 Å². The van der Waals surface area contributed by atoms with E-state index < -0.39 is 0 Å². The zero-order chi connectivity index (χ0) is 12.3. The largest absolute Gasteiger partial charge is 0.497 e. The van der Waals surface area contributed by atoms with Crippen molar-refractivity contribution in [3.63, 3.8) is 0 Å². The van der Waals surface area contributed by atoms with Gasteiger partial charge in [0.25, 0.3) is 0 Å². The molecule has 0 radical (unpaired) electrons. The number of hydrogen-bond acceptors (Lipinski definition) is 3. The molecule has 0 aliphatic rings. The predicted octanol–water partition coefficient (Wildman–Crippen LogP) is 3.95. The smallest absolute Gasteiger partial charge is 0.233 e. The molecular weight excluding hydrogens is 282 g/mol. The highest BCUT2D eigenvalue weighted by atomic mass is 79.9. The summed E-state index contributed by atoms with van der Waals surface area (Å²) in [4.78, 5) is 4.22. The van der Waals surface area contributed by atoms with Crippen molar-refractivity contribution in [1.29, 1.82) is 0 Å². The van der Waals surface area contributed by atoms with Crippen molar-refractivity contribution in [3.8, 4) is 17.4 Å². The molecule has 2 rings (SSSR count). The maximum absolute atomic E-state index is 5.67. The average molecular weight is 294 g/mol. The molecule has 0 spiro atoms. The van der Waals surface area contributed by atoms with E-state index in [-0.39, 0.29) is 0 Å². The lowest BCUT2D eigenvalue weighted by atomic mass is 10.3. The van der Waals surface area contributed by atoms with Crippen LogP contribution in [0.5, 0.6) is 17.4 Å². The van der Waals surface area contributed by atoms with E-state index in [1.807, 2.05) is 37.3 Å². The van der Waals surface area contributed by atoms with Gasteiger partial charge < -0.3 is 9.47 Å². The molecule has 0 bridgehead atoms. The molecule has 88 valence electrons. The topological polar surface area (TPSA) is 31.4 Å². The Hall–Kier alpha value is -1.55. The Morgan fingerprint density at radius 2 is 1.94 bits per heavy atom. The number of benzene rings is 1. The molecule has 0 saturated heterocycles.